The number of halogens is 4. The molecule has 1 N–H and O–H groups in total. The lowest BCUT2D eigenvalue weighted by Gasteiger charge is -2.30. The summed E-state index contributed by atoms with van der Waals surface area (Å²) in [6.45, 7) is 2.22. The molecule has 1 saturated heterocycles. The summed E-state index contributed by atoms with van der Waals surface area (Å²) in [5.74, 6) is -2.73. The van der Waals surface area contributed by atoms with Crippen molar-refractivity contribution < 1.29 is 22.4 Å². The zero-order valence-electron chi connectivity index (χ0n) is 9.93. The average molecular weight is 276 g/mol. The summed E-state index contributed by atoms with van der Waals surface area (Å²) < 4.78 is 49.7. The van der Waals surface area contributed by atoms with Gasteiger partial charge in [0.2, 0.25) is 0 Å². The molecular weight excluding hydrogens is 264 g/mol. The molecule has 1 aromatic rings. The predicted octanol–water partition coefficient (Wildman–Crippen LogP) is 2.53. The number of nitrogens with one attached hydrogen (secondary N) is 1. The number of hydrogen-bond acceptors (Lipinski definition) is 2. The minimum Gasteiger partial charge on any atom is -0.318 e. The van der Waals surface area contributed by atoms with Crippen LogP contribution in [0.5, 0.6) is 0 Å². The third-order valence-corrected chi connectivity index (χ3v) is 2.91. The highest BCUT2D eigenvalue weighted by atomic mass is 19.4. The van der Waals surface area contributed by atoms with Gasteiger partial charge in [-0.1, -0.05) is 6.07 Å². The largest absolute Gasteiger partial charge is 0.471 e. The van der Waals surface area contributed by atoms with E-state index >= 15 is 0 Å². The van der Waals surface area contributed by atoms with E-state index in [0.717, 1.165) is 25.6 Å². The number of anilines is 1. The van der Waals surface area contributed by atoms with Crippen molar-refractivity contribution in [2.24, 2.45) is 0 Å². The summed E-state index contributed by atoms with van der Waals surface area (Å²) in [6, 6.07) is 3.56. The van der Waals surface area contributed by atoms with Crippen LogP contribution < -0.4 is 5.32 Å². The number of carbonyl (C=O) groups excluding carboxylic acids is 1. The molecule has 7 heteroatoms. The van der Waals surface area contributed by atoms with Crippen LogP contribution in [0.4, 0.5) is 23.2 Å². The standard InChI is InChI=1S/C12H12F4N2O/c13-10-6-9(17-11(19)12(14,15)16)3-2-8(10)7-18-4-1-5-18/h2-3,6H,1,4-5,7H2,(H,17,19). The van der Waals surface area contributed by atoms with Gasteiger partial charge in [-0.15, -0.1) is 0 Å². The topological polar surface area (TPSA) is 32.3 Å². The number of nitrogens with zero attached hydrogens (tertiary/aromatic N) is 1. The summed E-state index contributed by atoms with van der Waals surface area (Å²) in [5, 5.41) is 1.61. The number of rotatable bonds is 3. The Kier molecular flexibility index (Phi) is 3.75. The Morgan fingerprint density at radius 3 is 2.47 bits per heavy atom. The molecule has 0 aromatic heterocycles. The van der Waals surface area contributed by atoms with E-state index in [-0.39, 0.29) is 5.69 Å². The maximum absolute atomic E-state index is 13.7. The highest BCUT2D eigenvalue weighted by Crippen LogP contribution is 2.21. The van der Waals surface area contributed by atoms with Crippen LogP contribution in [-0.4, -0.2) is 30.1 Å². The molecule has 0 spiro atoms. The molecule has 2 rings (SSSR count). The lowest BCUT2D eigenvalue weighted by atomic mass is 10.1. The Morgan fingerprint density at radius 1 is 1.32 bits per heavy atom. The lowest BCUT2D eigenvalue weighted by molar-refractivity contribution is -0.167. The molecule has 1 fully saturated rings. The van der Waals surface area contributed by atoms with E-state index < -0.39 is 17.9 Å². The third kappa shape index (κ3) is 3.44. The quantitative estimate of drug-likeness (QED) is 0.860. The second-order valence-electron chi connectivity index (χ2n) is 4.39. The Balaban J connectivity index is 2.03. The Labute approximate surface area is 107 Å². The zero-order valence-corrected chi connectivity index (χ0v) is 9.93. The van der Waals surface area contributed by atoms with E-state index in [1.54, 1.807) is 5.32 Å². The molecule has 0 aliphatic carbocycles. The van der Waals surface area contributed by atoms with Crippen molar-refractivity contribution in [3.63, 3.8) is 0 Å². The molecule has 0 atom stereocenters. The fraction of sp³-hybridized carbons (Fsp3) is 0.417. The van der Waals surface area contributed by atoms with Gasteiger partial charge in [0.15, 0.2) is 0 Å². The van der Waals surface area contributed by atoms with Gasteiger partial charge in [-0.2, -0.15) is 13.2 Å². The van der Waals surface area contributed by atoms with Gasteiger partial charge >= 0.3 is 12.1 Å². The van der Waals surface area contributed by atoms with Crippen LogP contribution in [0.25, 0.3) is 0 Å². The van der Waals surface area contributed by atoms with Gasteiger partial charge < -0.3 is 5.32 Å². The van der Waals surface area contributed by atoms with Crippen LogP contribution >= 0.6 is 0 Å². The van der Waals surface area contributed by atoms with E-state index in [9.17, 15) is 22.4 Å². The van der Waals surface area contributed by atoms with Gasteiger partial charge in [-0.05, 0) is 31.6 Å². The molecule has 0 saturated carbocycles. The van der Waals surface area contributed by atoms with Crippen LogP contribution in [0.1, 0.15) is 12.0 Å². The summed E-state index contributed by atoms with van der Waals surface area (Å²) in [6.07, 6.45) is -3.91. The first-order valence-corrected chi connectivity index (χ1v) is 5.75. The minimum atomic E-state index is -4.98. The average Bonchev–Trinajstić information content (AvgIpc) is 2.24. The maximum atomic E-state index is 13.7. The number of amides is 1. The van der Waals surface area contributed by atoms with E-state index in [2.05, 4.69) is 0 Å². The highest BCUT2D eigenvalue weighted by molar-refractivity contribution is 5.94. The molecule has 1 amide bonds. The van der Waals surface area contributed by atoms with E-state index in [1.165, 1.54) is 12.1 Å². The van der Waals surface area contributed by atoms with Crippen LogP contribution in [0.2, 0.25) is 0 Å². The van der Waals surface area contributed by atoms with Crippen molar-refractivity contribution in [3.05, 3.63) is 29.6 Å². The second-order valence-corrected chi connectivity index (χ2v) is 4.39. The number of likely N-dealkylation sites (tertiary alicyclic amines) is 1. The predicted molar refractivity (Wildman–Crippen MR) is 61.0 cm³/mol. The summed E-state index contributed by atoms with van der Waals surface area (Å²) in [7, 11) is 0. The van der Waals surface area contributed by atoms with Crippen molar-refractivity contribution in [3.8, 4) is 0 Å². The molecule has 19 heavy (non-hydrogen) atoms. The van der Waals surface area contributed by atoms with Crippen LogP contribution in [0.3, 0.4) is 0 Å². The van der Waals surface area contributed by atoms with Crippen molar-refractivity contribution in [1.82, 2.24) is 4.90 Å². The number of benzene rings is 1. The maximum Gasteiger partial charge on any atom is 0.471 e. The Bertz CT molecular complexity index is 483. The van der Waals surface area contributed by atoms with E-state index in [0.29, 0.717) is 12.1 Å². The molecule has 0 unspecified atom stereocenters. The smallest absolute Gasteiger partial charge is 0.318 e. The fourth-order valence-corrected chi connectivity index (χ4v) is 1.74. The number of alkyl halides is 3. The summed E-state index contributed by atoms with van der Waals surface area (Å²) in [4.78, 5) is 12.7. The van der Waals surface area contributed by atoms with E-state index in [4.69, 9.17) is 0 Å². The summed E-state index contributed by atoms with van der Waals surface area (Å²) >= 11 is 0. The van der Waals surface area contributed by atoms with Gasteiger partial charge in [-0.25, -0.2) is 4.39 Å². The minimum absolute atomic E-state index is 0.202. The lowest BCUT2D eigenvalue weighted by Crippen LogP contribution is -2.36. The third-order valence-electron chi connectivity index (χ3n) is 2.91. The van der Waals surface area contributed by atoms with Crippen LogP contribution in [0.15, 0.2) is 18.2 Å². The second kappa shape index (κ2) is 5.16. The van der Waals surface area contributed by atoms with Crippen molar-refractivity contribution in [2.45, 2.75) is 19.1 Å². The Morgan fingerprint density at radius 2 is 2.00 bits per heavy atom. The molecule has 0 radical (unpaired) electrons. The molecule has 1 aromatic carbocycles. The van der Waals surface area contributed by atoms with Gasteiger partial charge in [-0.3, -0.25) is 9.69 Å². The van der Waals surface area contributed by atoms with Gasteiger partial charge in [0.1, 0.15) is 5.82 Å². The number of carbonyl (C=O) groups is 1. The Hall–Kier alpha value is -1.63. The van der Waals surface area contributed by atoms with Gasteiger partial charge in [0, 0.05) is 17.8 Å². The molecule has 1 aliphatic heterocycles. The van der Waals surface area contributed by atoms with Crippen LogP contribution in [0, 0.1) is 5.82 Å². The molecule has 0 bridgehead atoms. The van der Waals surface area contributed by atoms with Crippen molar-refractivity contribution >= 4 is 11.6 Å². The van der Waals surface area contributed by atoms with Crippen molar-refractivity contribution in [1.29, 1.82) is 0 Å². The summed E-state index contributed by atoms with van der Waals surface area (Å²) in [5.41, 5.74) is 0.205. The molecular formula is C12H12F4N2O. The van der Waals surface area contributed by atoms with Gasteiger partial charge in [0.05, 0.1) is 0 Å². The first-order valence-electron chi connectivity index (χ1n) is 5.75. The normalized spacial score (nSPS) is 16.0. The molecule has 104 valence electrons. The van der Waals surface area contributed by atoms with Crippen molar-refractivity contribution in [2.75, 3.05) is 18.4 Å². The van der Waals surface area contributed by atoms with Gasteiger partial charge in [0.25, 0.3) is 0 Å². The molecule has 3 nitrogen and oxygen atoms in total. The highest BCUT2D eigenvalue weighted by Gasteiger charge is 2.38. The van der Waals surface area contributed by atoms with E-state index in [1.807, 2.05) is 4.90 Å². The SMILES string of the molecule is O=C(Nc1ccc(CN2CCC2)c(F)c1)C(F)(F)F. The molecule has 1 heterocycles. The number of hydrogen-bond donors (Lipinski definition) is 1. The first kappa shape index (κ1) is 13.8. The molecule has 1 aliphatic rings. The first-order chi connectivity index (χ1) is 8.86. The monoisotopic (exact) mass is 276 g/mol. The van der Waals surface area contributed by atoms with Crippen LogP contribution in [-0.2, 0) is 11.3 Å². The fourth-order valence-electron chi connectivity index (χ4n) is 1.74. The zero-order chi connectivity index (χ0) is 14.0.